The van der Waals surface area contributed by atoms with E-state index in [0.717, 1.165) is 5.56 Å². The maximum atomic E-state index is 11.4. The summed E-state index contributed by atoms with van der Waals surface area (Å²) in [5.41, 5.74) is 0.350. The third-order valence-electron chi connectivity index (χ3n) is 3.00. The predicted molar refractivity (Wildman–Crippen MR) is 66.2 cm³/mol. The lowest BCUT2D eigenvalue weighted by Crippen LogP contribution is -2.45. The van der Waals surface area contributed by atoms with Gasteiger partial charge in [0.1, 0.15) is 0 Å². The van der Waals surface area contributed by atoms with Crippen molar-refractivity contribution in [2.75, 3.05) is 0 Å². The third kappa shape index (κ3) is 2.45. The number of amides is 2. The second-order valence-electron chi connectivity index (χ2n) is 4.51. The zero-order chi connectivity index (χ0) is 12.6. The van der Waals surface area contributed by atoms with Gasteiger partial charge >= 0.3 is 0 Å². The lowest BCUT2D eigenvalue weighted by Gasteiger charge is -2.32. The molecule has 1 saturated heterocycles. The fourth-order valence-electron chi connectivity index (χ4n) is 2.09. The highest BCUT2D eigenvalue weighted by molar-refractivity contribution is 6.42. The quantitative estimate of drug-likeness (QED) is 0.799. The number of imide groups is 1. The standard InChI is InChI=1S/C12H11Cl2NO2/c1-12(5-10(16)15-11(17)6-12)7-2-3-8(13)9(14)4-7/h2-4H,5-6H2,1H3,(H,15,16,17). The van der Waals surface area contributed by atoms with Gasteiger partial charge in [-0.3, -0.25) is 14.9 Å². The van der Waals surface area contributed by atoms with E-state index in [4.69, 9.17) is 23.2 Å². The van der Waals surface area contributed by atoms with Crippen LogP contribution in [0.15, 0.2) is 18.2 Å². The minimum atomic E-state index is -0.506. The summed E-state index contributed by atoms with van der Waals surface area (Å²) in [6.45, 7) is 1.88. The summed E-state index contributed by atoms with van der Waals surface area (Å²) in [5, 5.41) is 3.19. The lowest BCUT2D eigenvalue weighted by atomic mass is 9.74. The Hall–Kier alpha value is -1.06. The number of carbonyl (C=O) groups excluding carboxylic acids is 2. The molecule has 1 aliphatic heterocycles. The highest BCUT2D eigenvalue weighted by atomic mass is 35.5. The van der Waals surface area contributed by atoms with Crippen LogP contribution in [0, 0.1) is 0 Å². The van der Waals surface area contributed by atoms with Crippen LogP contribution in [0.25, 0.3) is 0 Å². The molecule has 1 N–H and O–H groups in total. The molecular formula is C12H11Cl2NO2. The Kier molecular flexibility index (Phi) is 3.15. The number of benzene rings is 1. The molecule has 0 bridgehead atoms. The normalized spacial score (nSPS) is 19.0. The van der Waals surface area contributed by atoms with Gasteiger partial charge in [-0.25, -0.2) is 0 Å². The first kappa shape index (κ1) is 12.4. The largest absolute Gasteiger partial charge is 0.296 e. The first-order valence-corrected chi connectivity index (χ1v) is 5.94. The zero-order valence-corrected chi connectivity index (χ0v) is 10.7. The number of hydrogen-bond acceptors (Lipinski definition) is 2. The first-order chi connectivity index (χ1) is 7.90. The van der Waals surface area contributed by atoms with Gasteiger partial charge in [-0.05, 0) is 17.7 Å². The van der Waals surface area contributed by atoms with Gasteiger partial charge in [0.25, 0.3) is 0 Å². The van der Waals surface area contributed by atoms with Gasteiger partial charge in [0.15, 0.2) is 0 Å². The SMILES string of the molecule is CC1(c2ccc(Cl)c(Cl)c2)CC(=O)NC(=O)C1. The fourth-order valence-corrected chi connectivity index (χ4v) is 2.39. The molecule has 0 spiro atoms. The van der Waals surface area contributed by atoms with Crippen molar-refractivity contribution in [3.8, 4) is 0 Å². The fraction of sp³-hybridized carbons (Fsp3) is 0.333. The lowest BCUT2D eigenvalue weighted by molar-refractivity contribution is -0.135. The number of nitrogens with one attached hydrogen (secondary N) is 1. The Morgan fingerprint density at radius 2 is 1.71 bits per heavy atom. The van der Waals surface area contributed by atoms with Gasteiger partial charge in [0.2, 0.25) is 11.8 Å². The molecular weight excluding hydrogens is 261 g/mol. The zero-order valence-electron chi connectivity index (χ0n) is 9.22. The molecule has 0 aromatic heterocycles. The van der Waals surface area contributed by atoms with Crippen LogP contribution in [0.1, 0.15) is 25.3 Å². The molecule has 1 heterocycles. The maximum absolute atomic E-state index is 11.4. The Bertz CT molecular complexity index is 483. The highest BCUT2D eigenvalue weighted by Crippen LogP contribution is 2.36. The summed E-state index contributed by atoms with van der Waals surface area (Å²) in [7, 11) is 0. The molecule has 3 nitrogen and oxygen atoms in total. The summed E-state index contributed by atoms with van der Waals surface area (Å²) in [4.78, 5) is 22.8. The van der Waals surface area contributed by atoms with Crippen molar-refractivity contribution >= 4 is 35.0 Å². The van der Waals surface area contributed by atoms with Gasteiger partial charge in [0.05, 0.1) is 10.0 Å². The van der Waals surface area contributed by atoms with Crippen LogP contribution in [-0.2, 0) is 15.0 Å². The van der Waals surface area contributed by atoms with E-state index in [0.29, 0.717) is 10.0 Å². The van der Waals surface area contributed by atoms with Crippen molar-refractivity contribution in [1.29, 1.82) is 0 Å². The molecule has 90 valence electrons. The van der Waals surface area contributed by atoms with Gasteiger partial charge in [0, 0.05) is 18.3 Å². The van der Waals surface area contributed by atoms with Crippen LogP contribution in [0.4, 0.5) is 0 Å². The van der Waals surface area contributed by atoms with Crippen LogP contribution in [0.5, 0.6) is 0 Å². The van der Waals surface area contributed by atoms with Crippen molar-refractivity contribution in [2.24, 2.45) is 0 Å². The van der Waals surface area contributed by atoms with Crippen molar-refractivity contribution < 1.29 is 9.59 Å². The second-order valence-corrected chi connectivity index (χ2v) is 5.33. The first-order valence-electron chi connectivity index (χ1n) is 5.19. The van der Waals surface area contributed by atoms with E-state index < -0.39 is 5.41 Å². The average molecular weight is 272 g/mol. The molecule has 1 aromatic rings. The highest BCUT2D eigenvalue weighted by Gasteiger charge is 2.37. The van der Waals surface area contributed by atoms with E-state index in [-0.39, 0.29) is 24.7 Å². The van der Waals surface area contributed by atoms with Crippen LogP contribution in [0.2, 0.25) is 10.0 Å². The van der Waals surface area contributed by atoms with Crippen LogP contribution < -0.4 is 5.32 Å². The van der Waals surface area contributed by atoms with E-state index in [1.54, 1.807) is 18.2 Å². The number of piperidine rings is 1. The van der Waals surface area contributed by atoms with E-state index in [1.165, 1.54) is 0 Å². The summed E-state index contributed by atoms with van der Waals surface area (Å²) < 4.78 is 0. The van der Waals surface area contributed by atoms with Gasteiger partial charge in [-0.2, -0.15) is 0 Å². The van der Waals surface area contributed by atoms with Crippen molar-refractivity contribution in [3.05, 3.63) is 33.8 Å². The molecule has 0 unspecified atom stereocenters. The molecule has 17 heavy (non-hydrogen) atoms. The maximum Gasteiger partial charge on any atom is 0.227 e. The molecule has 5 heteroatoms. The second kappa shape index (κ2) is 4.31. The van der Waals surface area contributed by atoms with E-state index in [9.17, 15) is 9.59 Å². The van der Waals surface area contributed by atoms with Crippen LogP contribution in [-0.4, -0.2) is 11.8 Å². The Morgan fingerprint density at radius 3 is 2.24 bits per heavy atom. The smallest absolute Gasteiger partial charge is 0.227 e. The number of halogens is 2. The third-order valence-corrected chi connectivity index (χ3v) is 3.74. The van der Waals surface area contributed by atoms with Gasteiger partial charge in [-0.15, -0.1) is 0 Å². The molecule has 1 aromatic carbocycles. The molecule has 0 aliphatic carbocycles. The van der Waals surface area contributed by atoms with Gasteiger partial charge in [-0.1, -0.05) is 36.2 Å². The predicted octanol–water partition coefficient (Wildman–Crippen LogP) is 2.69. The van der Waals surface area contributed by atoms with Gasteiger partial charge < -0.3 is 0 Å². The van der Waals surface area contributed by atoms with E-state index >= 15 is 0 Å². The minimum absolute atomic E-state index is 0.255. The van der Waals surface area contributed by atoms with E-state index in [2.05, 4.69) is 5.32 Å². The summed E-state index contributed by atoms with van der Waals surface area (Å²) in [6.07, 6.45) is 0.549. The molecule has 1 fully saturated rings. The monoisotopic (exact) mass is 271 g/mol. The van der Waals surface area contributed by atoms with Crippen molar-refractivity contribution in [1.82, 2.24) is 5.32 Å². The number of hydrogen-bond donors (Lipinski definition) is 1. The van der Waals surface area contributed by atoms with E-state index in [1.807, 2.05) is 6.92 Å². The summed E-state index contributed by atoms with van der Waals surface area (Å²) in [6, 6.07) is 5.21. The summed E-state index contributed by atoms with van der Waals surface area (Å²) in [5.74, 6) is -0.510. The topological polar surface area (TPSA) is 46.2 Å². The Morgan fingerprint density at radius 1 is 1.12 bits per heavy atom. The van der Waals surface area contributed by atoms with Crippen LogP contribution >= 0.6 is 23.2 Å². The molecule has 2 rings (SSSR count). The molecule has 0 saturated carbocycles. The van der Waals surface area contributed by atoms with Crippen molar-refractivity contribution in [3.63, 3.8) is 0 Å². The van der Waals surface area contributed by atoms with Crippen LogP contribution in [0.3, 0.4) is 0 Å². The molecule has 0 atom stereocenters. The molecule has 0 radical (unpaired) electrons. The van der Waals surface area contributed by atoms with Crippen molar-refractivity contribution in [2.45, 2.75) is 25.2 Å². The molecule has 2 amide bonds. The number of carbonyl (C=O) groups is 2. The Balaban J connectivity index is 2.39. The minimum Gasteiger partial charge on any atom is -0.296 e. The Labute approximate surface area is 109 Å². The summed E-state index contributed by atoms with van der Waals surface area (Å²) >= 11 is 11.8. The number of rotatable bonds is 1. The molecule has 1 aliphatic rings. The average Bonchev–Trinajstić information content (AvgIpc) is 2.19.